The van der Waals surface area contributed by atoms with Gasteiger partial charge in [-0.2, -0.15) is 0 Å². The molecule has 0 bridgehead atoms. The van der Waals surface area contributed by atoms with Crippen molar-refractivity contribution in [2.45, 2.75) is 272 Å². The van der Waals surface area contributed by atoms with Gasteiger partial charge in [0.25, 0.3) is 0 Å². The molecule has 0 fully saturated rings. The van der Waals surface area contributed by atoms with Crippen LogP contribution in [0.25, 0.3) is 0 Å². The minimum Gasteiger partial charge on any atom is -0.462 e. The summed E-state index contributed by atoms with van der Waals surface area (Å²) in [6.07, 6.45) is 40.9. The summed E-state index contributed by atoms with van der Waals surface area (Å²) in [5.74, 6) is 0.777. The van der Waals surface area contributed by atoms with E-state index in [0.717, 1.165) is 69.6 Å². The maximum atomic E-state index is 12.7. The molecule has 0 aliphatic heterocycles. The van der Waals surface area contributed by atoms with E-state index in [-0.39, 0.29) is 31.1 Å². The fourth-order valence-corrected chi connectivity index (χ4v) is 7.25. The number of ether oxygens (including phenoxy) is 3. The van der Waals surface area contributed by atoms with Crippen molar-refractivity contribution in [3.05, 3.63) is 0 Å². The van der Waals surface area contributed by atoms with E-state index in [1.54, 1.807) is 0 Å². The van der Waals surface area contributed by atoms with Crippen LogP contribution in [-0.4, -0.2) is 37.2 Å². The Bertz CT molecular complexity index is 841. The summed E-state index contributed by atoms with van der Waals surface area (Å²) < 4.78 is 16.8. The lowest BCUT2D eigenvalue weighted by molar-refractivity contribution is -0.167. The van der Waals surface area contributed by atoms with Crippen molar-refractivity contribution in [2.75, 3.05) is 13.2 Å². The van der Waals surface area contributed by atoms with Crippen molar-refractivity contribution in [3.63, 3.8) is 0 Å². The van der Waals surface area contributed by atoms with E-state index in [1.807, 2.05) is 0 Å². The Hall–Kier alpha value is -1.59. The first kappa shape index (κ1) is 53.4. The Kier molecular flexibility index (Phi) is 40.8. The first-order chi connectivity index (χ1) is 26.8. The smallest absolute Gasteiger partial charge is 0.306 e. The van der Waals surface area contributed by atoms with Gasteiger partial charge >= 0.3 is 17.9 Å². The lowest BCUT2D eigenvalue weighted by atomic mass is 10.00. The standard InChI is InChI=1S/C49H94O6/c1-6-8-9-10-11-12-13-14-15-16-21-24-31-36-41-49(52)55-46(43-54-48(51)40-35-30-26-25-28-33-38-45(5)7-2)42-53-47(50)39-34-29-23-20-18-17-19-22-27-32-37-44(3)4/h44-46H,6-43H2,1-5H3/t45?,46-/m0/s1. The number of carbonyl (C=O) groups is 3. The Balaban J connectivity index is 4.33. The molecule has 0 rings (SSSR count). The van der Waals surface area contributed by atoms with E-state index in [9.17, 15) is 14.4 Å². The molecular weight excluding hydrogens is 685 g/mol. The van der Waals surface area contributed by atoms with Crippen LogP contribution in [0.1, 0.15) is 266 Å². The number of esters is 3. The Morgan fingerprint density at radius 2 is 0.691 bits per heavy atom. The van der Waals surface area contributed by atoms with Gasteiger partial charge in [-0.1, -0.05) is 227 Å². The molecule has 0 aromatic rings. The number of unbranched alkanes of at least 4 members (excludes halogenated alkanes) is 27. The monoisotopic (exact) mass is 779 g/mol. The van der Waals surface area contributed by atoms with Crippen LogP contribution in [0.2, 0.25) is 0 Å². The van der Waals surface area contributed by atoms with Gasteiger partial charge in [0.1, 0.15) is 13.2 Å². The topological polar surface area (TPSA) is 78.9 Å². The van der Waals surface area contributed by atoms with E-state index >= 15 is 0 Å². The van der Waals surface area contributed by atoms with Crippen molar-refractivity contribution in [1.82, 2.24) is 0 Å². The highest BCUT2D eigenvalue weighted by molar-refractivity contribution is 5.71. The Morgan fingerprint density at radius 3 is 1.04 bits per heavy atom. The van der Waals surface area contributed by atoms with Crippen LogP contribution in [0.3, 0.4) is 0 Å². The number of rotatable bonds is 43. The summed E-state index contributed by atoms with van der Waals surface area (Å²) >= 11 is 0. The molecule has 0 aromatic heterocycles. The molecule has 0 amide bonds. The molecule has 326 valence electrons. The molecule has 0 heterocycles. The summed E-state index contributed by atoms with van der Waals surface area (Å²) in [6, 6.07) is 0. The maximum absolute atomic E-state index is 12.7. The van der Waals surface area contributed by atoms with E-state index in [0.29, 0.717) is 19.3 Å². The summed E-state index contributed by atoms with van der Waals surface area (Å²) in [6.45, 7) is 11.3. The minimum atomic E-state index is -0.761. The molecule has 1 unspecified atom stereocenters. The third-order valence-corrected chi connectivity index (χ3v) is 11.3. The second-order valence-corrected chi connectivity index (χ2v) is 17.5. The van der Waals surface area contributed by atoms with Crippen molar-refractivity contribution in [1.29, 1.82) is 0 Å². The zero-order valence-corrected chi connectivity index (χ0v) is 37.6. The van der Waals surface area contributed by atoms with Crippen LogP contribution in [0.15, 0.2) is 0 Å². The van der Waals surface area contributed by atoms with E-state index in [2.05, 4.69) is 34.6 Å². The molecule has 0 radical (unpaired) electrons. The quantitative estimate of drug-likeness (QED) is 0.0348. The largest absolute Gasteiger partial charge is 0.462 e. The fraction of sp³-hybridized carbons (Fsp3) is 0.939. The molecule has 6 nitrogen and oxygen atoms in total. The molecule has 2 atom stereocenters. The molecule has 0 N–H and O–H groups in total. The van der Waals surface area contributed by atoms with Crippen molar-refractivity contribution in [3.8, 4) is 0 Å². The molecule has 0 spiro atoms. The Morgan fingerprint density at radius 1 is 0.382 bits per heavy atom. The summed E-state index contributed by atoms with van der Waals surface area (Å²) in [5, 5.41) is 0. The lowest BCUT2D eigenvalue weighted by Crippen LogP contribution is -2.30. The van der Waals surface area contributed by atoms with Crippen LogP contribution >= 0.6 is 0 Å². The number of carbonyl (C=O) groups excluding carboxylic acids is 3. The first-order valence-electron chi connectivity index (χ1n) is 24.3. The predicted octanol–water partition coefficient (Wildman–Crippen LogP) is 15.4. The van der Waals surface area contributed by atoms with Crippen LogP contribution in [0.4, 0.5) is 0 Å². The third kappa shape index (κ3) is 41.9. The lowest BCUT2D eigenvalue weighted by Gasteiger charge is -2.18. The van der Waals surface area contributed by atoms with Gasteiger partial charge < -0.3 is 14.2 Å². The van der Waals surface area contributed by atoms with Gasteiger partial charge in [-0.15, -0.1) is 0 Å². The van der Waals surface area contributed by atoms with E-state index in [1.165, 1.54) is 154 Å². The highest BCUT2D eigenvalue weighted by Gasteiger charge is 2.19. The van der Waals surface area contributed by atoms with Crippen molar-refractivity contribution in [2.24, 2.45) is 11.8 Å². The molecule has 0 aromatic carbocycles. The Labute approximate surface area is 342 Å². The van der Waals surface area contributed by atoms with Crippen LogP contribution < -0.4 is 0 Å². The molecule has 0 saturated carbocycles. The van der Waals surface area contributed by atoms with Gasteiger partial charge in [0, 0.05) is 19.3 Å². The number of hydrogen-bond donors (Lipinski definition) is 0. The molecule has 55 heavy (non-hydrogen) atoms. The highest BCUT2D eigenvalue weighted by Crippen LogP contribution is 2.17. The van der Waals surface area contributed by atoms with Gasteiger partial charge in [-0.3, -0.25) is 14.4 Å². The normalized spacial score (nSPS) is 12.5. The molecule has 6 heteroatoms. The fourth-order valence-electron chi connectivity index (χ4n) is 7.25. The molecule has 0 aliphatic rings. The van der Waals surface area contributed by atoms with Gasteiger partial charge in [-0.25, -0.2) is 0 Å². The van der Waals surface area contributed by atoms with Gasteiger partial charge in [0.2, 0.25) is 0 Å². The predicted molar refractivity (Wildman–Crippen MR) is 233 cm³/mol. The van der Waals surface area contributed by atoms with Gasteiger partial charge in [0.05, 0.1) is 0 Å². The summed E-state index contributed by atoms with van der Waals surface area (Å²) in [4.78, 5) is 37.8. The highest BCUT2D eigenvalue weighted by atomic mass is 16.6. The van der Waals surface area contributed by atoms with Crippen molar-refractivity contribution < 1.29 is 28.6 Å². The van der Waals surface area contributed by atoms with Gasteiger partial charge in [-0.05, 0) is 31.1 Å². The third-order valence-electron chi connectivity index (χ3n) is 11.3. The maximum Gasteiger partial charge on any atom is 0.306 e. The number of hydrogen-bond acceptors (Lipinski definition) is 6. The summed E-state index contributed by atoms with van der Waals surface area (Å²) in [7, 11) is 0. The molecule has 0 aliphatic carbocycles. The zero-order chi connectivity index (χ0) is 40.5. The van der Waals surface area contributed by atoms with E-state index in [4.69, 9.17) is 14.2 Å². The van der Waals surface area contributed by atoms with E-state index < -0.39 is 6.10 Å². The SMILES string of the molecule is CCCCCCCCCCCCCCCCC(=O)O[C@@H](COC(=O)CCCCCCCCCCCCC(C)C)COC(=O)CCCCCCCCC(C)CC. The minimum absolute atomic E-state index is 0.0651. The van der Waals surface area contributed by atoms with Crippen molar-refractivity contribution >= 4 is 17.9 Å². The first-order valence-corrected chi connectivity index (χ1v) is 24.3. The van der Waals surface area contributed by atoms with Crippen LogP contribution in [-0.2, 0) is 28.6 Å². The summed E-state index contributed by atoms with van der Waals surface area (Å²) in [5.41, 5.74) is 0. The molecular formula is C49H94O6. The molecule has 0 saturated heterocycles. The average molecular weight is 779 g/mol. The average Bonchev–Trinajstić information content (AvgIpc) is 3.17. The van der Waals surface area contributed by atoms with Crippen LogP contribution in [0, 0.1) is 11.8 Å². The van der Waals surface area contributed by atoms with Crippen LogP contribution in [0.5, 0.6) is 0 Å². The second kappa shape index (κ2) is 42.0. The van der Waals surface area contributed by atoms with Gasteiger partial charge in [0.15, 0.2) is 6.10 Å². The second-order valence-electron chi connectivity index (χ2n) is 17.5. The zero-order valence-electron chi connectivity index (χ0n) is 37.6.